The van der Waals surface area contributed by atoms with Crippen molar-refractivity contribution < 1.29 is 0 Å². The highest BCUT2D eigenvalue weighted by Gasteiger charge is 2.09. The monoisotopic (exact) mass is 325 g/mol. The zero-order valence-electron chi connectivity index (χ0n) is 14.3. The lowest BCUT2D eigenvalue weighted by Crippen LogP contribution is -2.39. The number of aromatic nitrogens is 4. The molecule has 0 spiro atoms. The average Bonchev–Trinajstić information content (AvgIpc) is 3.18. The molecule has 0 aromatic carbocycles. The molecule has 0 saturated carbocycles. The Hall–Kier alpha value is -2.83. The number of rotatable bonds is 5. The van der Waals surface area contributed by atoms with Crippen molar-refractivity contribution >= 4 is 17.0 Å². The van der Waals surface area contributed by atoms with Crippen LogP contribution in [0.5, 0.6) is 0 Å². The Bertz CT molecular complexity index is 830. The molecule has 3 aromatic heterocycles. The van der Waals surface area contributed by atoms with Gasteiger partial charge in [0.1, 0.15) is 5.65 Å². The van der Waals surface area contributed by atoms with Crippen molar-refractivity contribution in [2.45, 2.75) is 13.0 Å². The first-order valence-corrected chi connectivity index (χ1v) is 7.97. The van der Waals surface area contributed by atoms with E-state index in [1.54, 1.807) is 13.2 Å². The second kappa shape index (κ2) is 7.16. The number of H-pyrrole nitrogens is 1. The maximum Gasteiger partial charge on any atom is 0.193 e. The van der Waals surface area contributed by atoms with Gasteiger partial charge in [-0.15, -0.1) is 0 Å². The van der Waals surface area contributed by atoms with Gasteiger partial charge in [-0.3, -0.25) is 9.67 Å². The molecule has 0 aliphatic carbocycles. The van der Waals surface area contributed by atoms with Crippen LogP contribution >= 0.6 is 0 Å². The Morgan fingerprint density at radius 1 is 1.46 bits per heavy atom. The molecule has 0 fully saturated rings. The highest BCUT2D eigenvalue weighted by atomic mass is 15.3. The van der Waals surface area contributed by atoms with Crippen LogP contribution in [0.4, 0.5) is 0 Å². The summed E-state index contributed by atoms with van der Waals surface area (Å²) in [4.78, 5) is 14.0. The predicted octanol–water partition coefficient (Wildman–Crippen LogP) is 1.55. The molecular formula is C17H23N7. The molecule has 3 rings (SSSR count). The molecule has 0 amide bonds. The van der Waals surface area contributed by atoms with Gasteiger partial charge in [0, 0.05) is 63.8 Å². The number of aliphatic imine (C=N–C) groups is 1. The van der Waals surface area contributed by atoms with Crippen LogP contribution < -0.4 is 5.32 Å². The van der Waals surface area contributed by atoms with Gasteiger partial charge < -0.3 is 15.2 Å². The van der Waals surface area contributed by atoms with Crippen LogP contribution in [0.1, 0.15) is 11.1 Å². The van der Waals surface area contributed by atoms with Gasteiger partial charge in [0.15, 0.2) is 5.96 Å². The summed E-state index contributed by atoms with van der Waals surface area (Å²) >= 11 is 0. The summed E-state index contributed by atoms with van der Waals surface area (Å²) in [5, 5.41) is 8.79. The number of hydrogen-bond donors (Lipinski definition) is 2. The Kier molecular flexibility index (Phi) is 4.79. The van der Waals surface area contributed by atoms with Crippen molar-refractivity contribution in [2.75, 3.05) is 20.6 Å². The zero-order valence-corrected chi connectivity index (χ0v) is 14.3. The number of guanidine groups is 1. The summed E-state index contributed by atoms with van der Waals surface area (Å²) < 4.78 is 1.81. The Labute approximate surface area is 141 Å². The third-order valence-corrected chi connectivity index (χ3v) is 3.97. The van der Waals surface area contributed by atoms with Crippen LogP contribution in [0.3, 0.4) is 0 Å². The second-order valence-electron chi connectivity index (χ2n) is 5.82. The fourth-order valence-electron chi connectivity index (χ4n) is 2.82. The van der Waals surface area contributed by atoms with E-state index in [2.05, 4.69) is 36.3 Å². The molecule has 0 aliphatic rings. The fourth-order valence-corrected chi connectivity index (χ4v) is 2.82. The minimum absolute atomic E-state index is 0.768. The first-order valence-electron chi connectivity index (χ1n) is 7.97. The van der Waals surface area contributed by atoms with Crippen molar-refractivity contribution in [3.63, 3.8) is 0 Å². The SMILES string of the molecule is CN=C(NCCc1c[nH]c2ncccc12)N(C)Cc1cnn(C)c1. The minimum atomic E-state index is 0.768. The van der Waals surface area contributed by atoms with Crippen LogP contribution in [0.25, 0.3) is 11.0 Å². The third kappa shape index (κ3) is 3.56. The van der Waals surface area contributed by atoms with E-state index in [4.69, 9.17) is 0 Å². The lowest BCUT2D eigenvalue weighted by atomic mass is 10.1. The topological polar surface area (TPSA) is 74.1 Å². The summed E-state index contributed by atoms with van der Waals surface area (Å²) in [7, 11) is 5.75. The van der Waals surface area contributed by atoms with E-state index in [0.717, 1.165) is 36.7 Å². The number of nitrogens with one attached hydrogen (secondary N) is 2. The van der Waals surface area contributed by atoms with E-state index in [1.165, 1.54) is 10.9 Å². The second-order valence-corrected chi connectivity index (χ2v) is 5.82. The molecule has 2 N–H and O–H groups in total. The van der Waals surface area contributed by atoms with Crippen LogP contribution in [0.15, 0.2) is 41.9 Å². The normalized spacial score (nSPS) is 11.9. The molecule has 0 bridgehead atoms. The molecule has 3 aromatic rings. The smallest absolute Gasteiger partial charge is 0.193 e. The maximum absolute atomic E-state index is 4.36. The van der Waals surface area contributed by atoms with E-state index >= 15 is 0 Å². The average molecular weight is 325 g/mol. The Morgan fingerprint density at radius 3 is 3.08 bits per heavy atom. The third-order valence-electron chi connectivity index (χ3n) is 3.97. The highest BCUT2D eigenvalue weighted by molar-refractivity contribution is 5.81. The van der Waals surface area contributed by atoms with Gasteiger partial charge in [-0.1, -0.05) is 0 Å². The van der Waals surface area contributed by atoms with Crippen LogP contribution in [-0.4, -0.2) is 51.2 Å². The van der Waals surface area contributed by atoms with Gasteiger partial charge >= 0.3 is 0 Å². The molecule has 0 atom stereocenters. The number of aromatic amines is 1. The molecule has 126 valence electrons. The molecule has 24 heavy (non-hydrogen) atoms. The van der Waals surface area contributed by atoms with Gasteiger partial charge in [0.05, 0.1) is 6.20 Å². The highest BCUT2D eigenvalue weighted by Crippen LogP contribution is 2.15. The van der Waals surface area contributed by atoms with Crippen molar-refractivity contribution in [3.8, 4) is 0 Å². The molecule has 0 unspecified atom stereocenters. The lowest BCUT2D eigenvalue weighted by Gasteiger charge is -2.21. The largest absolute Gasteiger partial charge is 0.356 e. The summed E-state index contributed by atoms with van der Waals surface area (Å²) in [5.41, 5.74) is 3.35. The predicted molar refractivity (Wildman–Crippen MR) is 95.8 cm³/mol. The first-order chi connectivity index (χ1) is 11.7. The molecule has 0 radical (unpaired) electrons. The van der Waals surface area contributed by atoms with Gasteiger partial charge in [-0.2, -0.15) is 5.10 Å². The van der Waals surface area contributed by atoms with Crippen molar-refractivity contribution in [1.29, 1.82) is 0 Å². The van der Waals surface area contributed by atoms with Gasteiger partial charge in [-0.25, -0.2) is 4.98 Å². The molecule has 0 aliphatic heterocycles. The van der Waals surface area contributed by atoms with Crippen molar-refractivity contribution in [2.24, 2.45) is 12.0 Å². The molecule has 7 heteroatoms. The summed E-state index contributed by atoms with van der Waals surface area (Å²) in [6, 6.07) is 4.06. The van der Waals surface area contributed by atoms with E-state index in [9.17, 15) is 0 Å². The summed E-state index contributed by atoms with van der Waals surface area (Å²) in [6.07, 6.45) is 8.63. The van der Waals surface area contributed by atoms with E-state index in [1.807, 2.05) is 43.4 Å². The van der Waals surface area contributed by atoms with Gasteiger partial charge in [-0.05, 0) is 24.1 Å². The number of hydrogen-bond acceptors (Lipinski definition) is 3. The van der Waals surface area contributed by atoms with E-state index in [0.29, 0.717) is 0 Å². The molecular weight excluding hydrogens is 302 g/mol. The maximum atomic E-state index is 4.36. The number of aryl methyl sites for hydroxylation is 1. The Balaban J connectivity index is 1.56. The van der Waals surface area contributed by atoms with Gasteiger partial charge in [0.25, 0.3) is 0 Å². The molecule has 7 nitrogen and oxygen atoms in total. The standard InChI is InChI=1S/C17H23N7/c1-18-17(23(2)11-13-9-22-24(3)12-13)20-8-6-14-10-21-16-15(14)5-4-7-19-16/h4-5,7,9-10,12H,6,8,11H2,1-3H3,(H,18,20)(H,19,21). The lowest BCUT2D eigenvalue weighted by molar-refractivity contribution is 0.477. The number of pyridine rings is 1. The first kappa shape index (κ1) is 16.0. The van der Waals surface area contributed by atoms with Crippen LogP contribution in [0.2, 0.25) is 0 Å². The van der Waals surface area contributed by atoms with Crippen LogP contribution in [0, 0.1) is 0 Å². The van der Waals surface area contributed by atoms with E-state index in [-0.39, 0.29) is 0 Å². The van der Waals surface area contributed by atoms with Crippen molar-refractivity contribution in [1.82, 2.24) is 30.0 Å². The summed E-state index contributed by atoms with van der Waals surface area (Å²) in [5.74, 6) is 0.872. The number of fused-ring (bicyclic) bond motifs is 1. The number of nitrogens with zero attached hydrogens (tertiary/aromatic N) is 5. The fraction of sp³-hybridized carbons (Fsp3) is 0.353. The van der Waals surface area contributed by atoms with Crippen molar-refractivity contribution in [3.05, 3.63) is 48.0 Å². The zero-order chi connectivity index (χ0) is 16.9. The quantitative estimate of drug-likeness (QED) is 0.551. The Morgan fingerprint density at radius 2 is 2.33 bits per heavy atom. The summed E-state index contributed by atoms with van der Waals surface area (Å²) in [6.45, 7) is 1.58. The van der Waals surface area contributed by atoms with Crippen LogP contribution in [-0.2, 0) is 20.0 Å². The van der Waals surface area contributed by atoms with E-state index < -0.39 is 0 Å². The minimum Gasteiger partial charge on any atom is -0.356 e. The molecule has 0 saturated heterocycles. The van der Waals surface area contributed by atoms with Gasteiger partial charge in [0.2, 0.25) is 0 Å². The molecule has 3 heterocycles.